The van der Waals surface area contributed by atoms with E-state index in [-0.39, 0.29) is 11.6 Å². The van der Waals surface area contributed by atoms with E-state index in [1.807, 2.05) is 31.2 Å². The lowest BCUT2D eigenvalue weighted by molar-refractivity contribution is 0.0962. The van der Waals surface area contributed by atoms with Gasteiger partial charge >= 0.3 is 0 Å². The van der Waals surface area contributed by atoms with Crippen LogP contribution in [0, 0.1) is 6.92 Å². The molecule has 0 spiro atoms. The van der Waals surface area contributed by atoms with E-state index < -0.39 is 0 Å². The molecule has 0 aliphatic rings. The molecule has 5 N–H and O–H groups in total. The van der Waals surface area contributed by atoms with Crippen LogP contribution < -0.4 is 21.9 Å². The molecule has 0 fully saturated rings. The fourth-order valence-electron chi connectivity index (χ4n) is 2.14. The molecular formula is C17H17N7O. The Labute approximate surface area is 144 Å². The highest BCUT2D eigenvalue weighted by molar-refractivity contribution is 5.94. The number of hydrogen-bond donors (Lipinski definition) is 4. The van der Waals surface area contributed by atoms with Gasteiger partial charge in [-0.1, -0.05) is 12.1 Å². The summed E-state index contributed by atoms with van der Waals surface area (Å²) in [6.45, 7) is 2.00. The van der Waals surface area contributed by atoms with Gasteiger partial charge in [-0.2, -0.15) is 0 Å². The zero-order chi connectivity index (χ0) is 17.6. The van der Waals surface area contributed by atoms with E-state index in [0.29, 0.717) is 17.2 Å². The molecule has 25 heavy (non-hydrogen) atoms. The maximum atomic E-state index is 12.0. The number of hydrogen-bond acceptors (Lipinski definition) is 7. The minimum absolute atomic E-state index is 0.287. The van der Waals surface area contributed by atoms with Gasteiger partial charge in [0.1, 0.15) is 12.0 Å². The molecule has 0 aliphatic carbocycles. The number of rotatable bonds is 5. The van der Waals surface area contributed by atoms with E-state index >= 15 is 0 Å². The molecule has 0 atom stereocenters. The summed E-state index contributed by atoms with van der Waals surface area (Å²) in [5.41, 5.74) is 14.0. The summed E-state index contributed by atoms with van der Waals surface area (Å²) in [7, 11) is 0. The smallest absolute Gasteiger partial charge is 0.271 e. The van der Waals surface area contributed by atoms with Gasteiger partial charge in [-0.15, -0.1) is 0 Å². The molecule has 0 unspecified atom stereocenters. The summed E-state index contributed by atoms with van der Waals surface area (Å²) in [5.74, 6) is 0.389. The third kappa shape index (κ3) is 3.99. The molecule has 2 heterocycles. The summed E-state index contributed by atoms with van der Waals surface area (Å²) >= 11 is 0. The van der Waals surface area contributed by atoms with Gasteiger partial charge in [0.15, 0.2) is 11.6 Å². The van der Waals surface area contributed by atoms with Crippen LogP contribution in [0.1, 0.15) is 15.9 Å². The van der Waals surface area contributed by atoms with E-state index in [2.05, 4.69) is 31.1 Å². The van der Waals surface area contributed by atoms with E-state index in [1.54, 1.807) is 18.3 Å². The second-order valence-electron chi connectivity index (χ2n) is 5.30. The number of hydrazine groups is 1. The van der Waals surface area contributed by atoms with Gasteiger partial charge in [0.2, 0.25) is 0 Å². The number of aromatic nitrogens is 3. The molecule has 3 rings (SSSR count). The highest BCUT2D eigenvalue weighted by Crippen LogP contribution is 2.25. The van der Waals surface area contributed by atoms with Gasteiger partial charge in [0, 0.05) is 18.1 Å². The van der Waals surface area contributed by atoms with Crippen molar-refractivity contribution in [2.75, 3.05) is 16.5 Å². The zero-order valence-electron chi connectivity index (χ0n) is 13.5. The third-order valence-electron chi connectivity index (χ3n) is 3.38. The van der Waals surface area contributed by atoms with Crippen molar-refractivity contribution in [1.82, 2.24) is 20.4 Å². The Bertz CT molecular complexity index is 883. The molecule has 0 aliphatic heterocycles. The average Bonchev–Trinajstić information content (AvgIpc) is 2.63. The first kappa shape index (κ1) is 16.2. The van der Waals surface area contributed by atoms with Crippen LogP contribution in [0.15, 0.2) is 55.1 Å². The second kappa shape index (κ2) is 7.26. The van der Waals surface area contributed by atoms with E-state index in [0.717, 1.165) is 11.3 Å². The van der Waals surface area contributed by atoms with Gasteiger partial charge in [0.25, 0.3) is 5.91 Å². The number of benzene rings is 1. The Hall–Kier alpha value is -3.68. The van der Waals surface area contributed by atoms with Crippen LogP contribution >= 0.6 is 0 Å². The first-order valence-electron chi connectivity index (χ1n) is 7.54. The molecule has 1 aromatic carbocycles. The number of aryl methyl sites for hydroxylation is 1. The van der Waals surface area contributed by atoms with Crippen molar-refractivity contribution < 1.29 is 4.79 Å². The second-order valence-corrected chi connectivity index (χ2v) is 5.30. The molecule has 0 bridgehead atoms. The summed E-state index contributed by atoms with van der Waals surface area (Å²) in [6.07, 6.45) is 4.41. The minimum atomic E-state index is -0.348. The van der Waals surface area contributed by atoms with Crippen LogP contribution in [0.4, 0.5) is 23.0 Å². The quantitative estimate of drug-likeness (QED) is 0.528. The van der Waals surface area contributed by atoms with Crippen LogP contribution in [0.25, 0.3) is 0 Å². The number of pyridine rings is 1. The topological polar surface area (TPSA) is 118 Å². The number of anilines is 4. The largest absolute Gasteiger partial charge is 0.393 e. The fourth-order valence-corrected chi connectivity index (χ4v) is 2.14. The summed E-state index contributed by atoms with van der Waals surface area (Å²) < 4.78 is 0. The molecule has 3 aromatic rings. The summed E-state index contributed by atoms with van der Waals surface area (Å²) in [4.78, 5) is 24.1. The molecule has 0 saturated carbocycles. The number of nitrogens with two attached hydrogens (primary N) is 1. The Morgan fingerprint density at radius 3 is 2.72 bits per heavy atom. The lowest BCUT2D eigenvalue weighted by atomic mass is 10.2. The molecule has 8 nitrogen and oxygen atoms in total. The summed E-state index contributed by atoms with van der Waals surface area (Å²) in [5, 5.41) is 3.13. The first-order chi connectivity index (χ1) is 12.1. The fraction of sp³-hybridized carbons (Fsp3) is 0.0588. The van der Waals surface area contributed by atoms with Crippen molar-refractivity contribution in [3.05, 3.63) is 66.2 Å². The highest BCUT2D eigenvalue weighted by atomic mass is 16.2. The third-order valence-corrected chi connectivity index (χ3v) is 3.38. The predicted octanol–water partition coefficient (Wildman–Crippen LogP) is 2.26. The maximum absolute atomic E-state index is 12.0. The van der Waals surface area contributed by atoms with E-state index in [4.69, 9.17) is 5.73 Å². The molecule has 2 aromatic heterocycles. The number of nitrogens with zero attached hydrogens (tertiary/aromatic N) is 3. The molecule has 0 radical (unpaired) electrons. The molecule has 0 saturated heterocycles. The monoisotopic (exact) mass is 335 g/mol. The van der Waals surface area contributed by atoms with Crippen LogP contribution in [0.3, 0.4) is 0 Å². The molecule has 1 amide bonds. The predicted molar refractivity (Wildman–Crippen MR) is 96.2 cm³/mol. The van der Waals surface area contributed by atoms with Gasteiger partial charge in [-0.3, -0.25) is 20.6 Å². The van der Waals surface area contributed by atoms with Crippen molar-refractivity contribution in [3.63, 3.8) is 0 Å². The van der Waals surface area contributed by atoms with Crippen molar-refractivity contribution in [2.45, 2.75) is 6.92 Å². The van der Waals surface area contributed by atoms with Crippen LogP contribution in [0.5, 0.6) is 0 Å². The van der Waals surface area contributed by atoms with Crippen molar-refractivity contribution >= 4 is 28.9 Å². The SMILES string of the molecule is Cc1cccc(Nc2ncnc(NNC(=O)c3cccnc3)c2N)c1. The maximum Gasteiger partial charge on any atom is 0.271 e. The molecular weight excluding hydrogens is 318 g/mol. The number of amides is 1. The van der Waals surface area contributed by atoms with Crippen molar-refractivity contribution in [1.29, 1.82) is 0 Å². The number of carbonyl (C=O) groups is 1. The highest BCUT2D eigenvalue weighted by Gasteiger charge is 2.10. The Balaban J connectivity index is 1.72. The standard InChI is InChI=1S/C17H17N7O/c1-11-4-2-6-13(8-11)22-15-14(18)16(21-10-20-15)23-24-17(25)12-5-3-7-19-9-12/h2-10H,18H2,1H3,(H,24,25)(H2,20,21,22,23). The van der Waals surface area contributed by atoms with Gasteiger partial charge in [0.05, 0.1) is 5.56 Å². The molecule has 126 valence electrons. The Morgan fingerprint density at radius 1 is 1.12 bits per heavy atom. The number of carbonyl (C=O) groups excluding carboxylic acids is 1. The lowest BCUT2D eigenvalue weighted by Crippen LogP contribution is -2.30. The van der Waals surface area contributed by atoms with Crippen LogP contribution in [-0.2, 0) is 0 Å². The average molecular weight is 335 g/mol. The van der Waals surface area contributed by atoms with Crippen LogP contribution in [-0.4, -0.2) is 20.9 Å². The molecule has 8 heteroatoms. The number of nitrogens with one attached hydrogen (secondary N) is 3. The Morgan fingerprint density at radius 2 is 1.96 bits per heavy atom. The summed E-state index contributed by atoms with van der Waals surface area (Å²) in [6, 6.07) is 11.1. The lowest BCUT2D eigenvalue weighted by Gasteiger charge is -2.13. The van der Waals surface area contributed by atoms with E-state index in [1.165, 1.54) is 12.5 Å². The normalized spacial score (nSPS) is 10.1. The minimum Gasteiger partial charge on any atom is -0.393 e. The van der Waals surface area contributed by atoms with Gasteiger partial charge in [-0.05, 0) is 36.8 Å². The van der Waals surface area contributed by atoms with Crippen LogP contribution in [0.2, 0.25) is 0 Å². The van der Waals surface area contributed by atoms with Gasteiger partial charge in [-0.25, -0.2) is 9.97 Å². The van der Waals surface area contributed by atoms with E-state index in [9.17, 15) is 4.79 Å². The first-order valence-corrected chi connectivity index (χ1v) is 7.54. The van der Waals surface area contributed by atoms with Gasteiger partial charge < -0.3 is 11.1 Å². The van der Waals surface area contributed by atoms with Crippen molar-refractivity contribution in [3.8, 4) is 0 Å². The van der Waals surface area contributed by atoms with Crippen molar-refractivity contribution in [2.24, 2.45) is 0 Å². The zero-order valence-corrected chi connectivity index (χ0v) is 13.5. The number of nitrogen functional groups attached to an aromatic ring is 1. The Kier molecular flexibility index (Phi) is 4.70.